The molecule has 7 heteroatoms. The lowest BCUT2D eigenvalue weighted by Gasteiger charge is -2.41. The van der Waals surface area contributed by atoms with Gasteiger partial charge in [0.2, 0.25) is 5.91 Å². The molecular weight excluding hydrogens is 337 g/mol. The van der Waals surface area contributed by atoms with Crippen molar-refractivity contribution in [3.8, 4) is 0 Å². The SMILES string of the molecule is Cl.NC1(C(=O)N2CCN(c3cccc(Cl)c3)CC2)CCOCC1. The Balaban J connectivity index is 0.00000192. The number of hydrogen-bond donors (Lipinski definition) is 1. The van der Waals surface area contributed by atoms with Crippen LogP contribution in [0.2, 0.25) is 5.02 Å². The van der Waals surface area contributed by atoms with Gasteiger partial charge in [0.1, 0.15) is 0 Å². The lowest BCUT2D eigenvalue weighted by Crippen LogP contribution is -2.61. The maximum Gasteiger partial charge on any atom is 0.242 e. The second-order valence-electron chi connectivity index (χ2n) is 6.03. The molecule has 2 aliphatic rings. The Hall–Kier alpha value is -1.01. The quantitative estimate of drug-likeness (QED) is 0.876. The molecule has 1 amide bonds. The summed E-state index contributed by atoms with van der Waals surface area (Å²) in [6, 6.07) is 7.83. The van der Waals surface area contributed by atoms with Gasteiger partial charge in [-0.1, -0.05) is 17.7 Å². The average Bonchev–Trinajstić information content (AvgIpc) is 2.55. The van der Waals surface area contributed by atoms with E-state index in [9.17, 15) is 4.79 Å². The molecule has 0 spiro atoms. The third-order valence-electron chi connectivity index (χ3n) is 4.55. The highest BCUT2D eigenvalue weighted by atomic mass is 35.5. The summed E-state index contributed by atoms with van der Waals surface area (Å²) < 4.78 is 5.32. The van der Waals surface area contributed by atoms with Crippen molar-refractivity contribution >= 4 is 35.6 Å². The van der Waals surface area contributed by atoms with Crippen LogP contribution in [-0.4, -0.2) is 55.7 Å². The Morgan fingerprint density at radius 3 is 2.43 bits per heavy atom. The first-order valence-electron chi connectivity index (χ1n) is 7.75. The maximum atomic E-state index is 12.7. The summed E-state index contributed by atoms with van der Waals surface area (Å²) in [5, 5.41) is 0.735. The molecule has 0 aromatic heterocycles. The monoisotopic (exact) mass is 359 g/mol. The molecule has 0 bridgehead atoms. The molecular formula is C16H23Cl2N3O2. The van der Waals surface area contributed by atoms with Crippen molar-refractivity contribution < 1.29 is 9.53 Å². The minimum absolute atomic E-state index is 0. The van der Waals surface area contributed by atoms with Gasteiger partial charge in [0.05, 0.1) is 5.54 Å². The second kappa shape index (κ2) is 7.71. The van der Waals surface area contributed by atoms with Crippen LogP contribution in [0.3, 0.4) is 0 Å². The molecule has 5 nitrogen and oxygen atoms in total. The fraction of sp³-hybridized carbons (Fsp3) is 0.562. The van der Waals surface area contributed by atoms with Crippen LogP contribution in [0.1, 0.15) is 12.8 Å². The first-order valence-corrected chi connectivity index (χ1v) is 8.13. The summed E-state index contributed by atoms with van der Waals surface area (Å²) in [5.74, 6) is 0.0709. The van der Waals surface area contributed by atoms with Crippen molar-refractivity contribution in [2.75, 3.05) is 44.3 Å². The van der Waals surface area contributed by atoms with E-state index >= 15 is 0 Å². The number of piperazine rings is 1. The zero-order chi connectivity index (χ0) is 15.6. The number of nitrogens with two attached hydrogens (primary N) is 1. The third kappa shape index (κ3) is 4.10. The van der Waals surface area contributed by atoms with Gasteiger partial charge in [0.15, 0.2) is 0 Å². The summed E-state index contributed by atoms with van der Waals surface area (Å²) in [4.78, 5) is 16.8. The van der Waals surface area contributed by atoms with Crippen molar-refractivity contribution in [2.45, 2.75) is 18.4 Å². The van der Waals surface area contributed by atoms with Crippen LogP contribution in [0.15, 0.2) is 24.3 Å². The van der Waals surface area contributed by atoms with Crippen LogP contribution in [-0.2, 0) is 9.53 Å². The molecule has 1 aromatic rings. The number of rotatable bonds is 2. The van der Waals surface area contributed by atoms with Crippen molar-refractivity contribution in [1.29, 1.82) is 0 Å². The standard InChI is InChI=1S/C16H22ClN3O2.ClH/c17-13-2-1-3-14(12-13)19-6-8-20(9-7-19)15(21)16(18)4-10-22-11-5-16;/h1-3,12H,4-11,18H2;1H. The van der Waals surface area contributed by atoms with Crippen LogP contribution < -0.4 is 10.6 Å². The molecule has 2 heterocycles. The van der Waals surface area contributed by atoms with Crippen LogP contribution in [0, 0.1) is 0 Å². The van der Waals surface area contributed by atoms with E-state index in [-0.39, 0.29) is 18.3 Å². The smallest absolute Gasteiger partial charge is 0.242 e. The predicted molar refractivity (Wildman–Crippen MR) is 94.5 cm³/mol. The fourth-order valence-corrected chi connectivity index (χ4v) is 3.29. The maximum absolute atomic E-state index is 12.7. The van der Waals surface area contributed by atoms with E-state index in [1.807, 2.05) is 29.2 Å². The first-order chi connectivity index (χ1) is 10.6. The molecule has 0 radical (unpaired) electrons. The van der Waals surface area contributed by atoms with Gasteiger partial charge in [0.25, 0.3) is 0 Å². The van der Waals surface area contributed by atoms with E-state index in [1.165, 1.54) is 0 Å². The van der Waals surface area contributed by atoms with Crippen LogP contribution in [0.5, 0.6) is 0 Å². The summed E-state index contributed by atoms with van der Waals surface area (Å²) >= 11 is 6.04. The van der Waals surface area contributed by atoms with Crippen molar-refractivity contribution in [3.63, 3.8) is 0 Å². The van der Waals surface area contributed by atoms with Gasteiger partial charge in [-0.05, 0) is 31.0 Å². The van der Waals surface area contributed by atoms with E-state index in [0.29, 0.717) is 39.1 Å². The van der Waals surface area contributed by atoms with Crippen molar-refractivity contribution in [1.82, 2.24) is 4.90 Å². The highest BCUT2D eigenvalue weighted by Crippen LogP contribution is 2.24. The van der Waals surface area contributed by atoms with Crippen molar-refractivity contribution in [3.05, 3.63) is 29.3 Å². The third-order valence-corrected chi connectivity index (χ3v) is 4.79. The Kier molecular flexibility index (Phi) is 6.14. The fourth-order valence-electron chi connectivity index (χ4n) is 3.10. The summed E-state index contributed by atoms with van der Waals surface area (Å²) in [5.41, 5.74) is 6.66. The molecule has 1 aromatic carbocycles. The highest BCUT2D eigenvalue weighted by molar-refractivity contribution is 6.30. The molecule has 2 saturated heterocycles. The molecule has 2 fully saturated rings. The number of benzene rings is 1. The van der Waals surface area contributed by atoms with Gasteiger partial charge in [-0.25, -0.2) is 0 Å². The molecule has 2 N–H and O–H groups in total. The Morgan fingerprint density at radius 1 is 1.17 bits per heavy atom. The molecule has 2 aliphatic heterocycles. The van der Waals surface area contributed by atoms with E-state index in [2.05, 4.69) is 4.90 Å². The van der Waals surface area contributed by atoms with Gasteiger partial charge in [-0.3, -0.25) is 4.79 Å². The van der Waals surface area contributed by atoms with Gasteiger partial charge in [-0.15, -0.1) is 12.4 Å². The highest BCUT2D eigenvalue weighted by Gasteiger charge is 2.39. The number of amides is 1. The number of halogens is 2. The number of carbonyl (C=O) groups is 1. The van der Waals surface area contributed by atoms with E-state index in [0.717, 1.165) is 23.8 Å². The Morgan fingerprint density at radius 2 is 1.83 bits per heavy atom. The molecule has 3 rings (SSSR count). The van der Waals surface area contributed by atoms with E-state index in [4.69, 9.17) is 22.1 Å². The molecule has 0 unspecified atom stereocenters. The van der Waals surface area contributed by atoms with Gasteiger partial charge >= 0.3 is 0 Å². The molecule has 0 aliphatic carbocycles. The lowest BCUT2D eigenvalue weighted by molar-refractivity contribution is -0.140. The van der Waals surface area contributed by atoms with Gasteiger partial charge < -0.3 is 20.3 Å². The van der Waals surface area contributed by atoms with Gasteiger partial charge in [0, 0.05) is 50.1 Å². The summed E-state index contributed by atoms with van der Waals surface area (Å²) in [6.07, 6.45) is 1.22. The lowest BCUT2D eigenvalue weighted by atomic mass is 9.89. The number of anilines is 1. The second-order valence-corrected chi connectivity index (χ2v) is 6.46. The zero-order valence-electron chi connectivity index (χ0n) is 13.0. The van der Waals surface area contributed by atoms with Crippen LogP contribution in [0.25, 0.3) is 0 Å². The minimum Gasteiger partial charge on any atom is -0.381 e. The van der Waals surface area contributed by atoms with E-state index < -0.39 is 5.54 Å². The minimum atomic E-state index is -0.740. The van der Waals surface area contributed by atoms with Crippen LogP contribution >= 0.6 is 24.0 Å². The topological polar surface area (TPSA) is 58.8 Å². The average molecular weight is 360 g/mol. The summed E-state index contributed by atoms with van der Waals surface area (Å²) in [6.45, 7) is 4.16. The van der Waals surface area contributed by atoms with Crippen molar-refractivity contribution in [2.24, 2.45) is 5.73 Å². The number of ether oxygens (including phenoxy) is 1. The molecule has 0 atom stereocenters. The Bertz CT molecular complexity index is 542. The van der Waals surface area contributed by atoms with Crippen LogP contribution in [0.4, 0.5) is 5.69 Å². The van der Waals surface area contributed by atoms with Gasteiger partial charge in [-0.2, -0.15) is 0 Å². The number of nitrogens with zero attached hydrogens (tertiary/aromatic N) is 2. The molecule has 0 saturated carbocycles. The summed E-state index contributed by atoms with van der Waals surface area (Å²) in [7, 11) is 0. The Labute approximate surface area is 148 Å². The van der Waals surface area contributed by atoms with E-state index in [1.54, 1.807) is 0 Å². The molecule has 23 heavy (non-hydrogen) atoms. The number of carbonyl (C=O) groups excluding carboxylic acids is 1. The largest absolute Gasteiger partial charge is 0.381 e. The zero-order valence-corrected chi connectivity index (χ0v) is 14.6. The number of hydrogen-bond acceptors (Lipinski definition) is 4. The normalized spacial score (nSPS) is 20.8. The molecule has 128 valence electrons. The first kappa shape index (κ1) is 18.3. The predicted octanol–water partition coefficient (Wildman–Crippen LogP) is 1.92.